The van der Waals surface area contributed by atoms with Gasteiger partial charge in [-0.2, -0.15) is 0 Å². The van der Waals surface area contributed by atoms with Gasteiger partial charge in [-0.25, -0.2) is 9.67 Å². The third kappa shape index (κ3) is 2.49. The molecule has 1 N–H and O–H groups in total. The first-order chi connectivity index (χ1) is 9.95. The van der Waals surface area contributed by atoms with E-state index in [0.29, 0.717) is 23.1 Å². The average Bonchev–Trinajstić information content (AvgIpc) is 3.07. The van der Waals surface area contributed by atoms with Crippen LogP contribution in [0.2, 0.25) is 0 Å². The Morgan fingerprint density at radius 1 is 1.29 bits per heavy atom. The highest BCUT2D eigenvalue weighted by atomic mass is 16.3. The summed E-state index contributed by atoms with van der Waals surface area (Å²) in [5.74, 6) is 1.58. The Morgan fingerprint density at radius 2 is 2.10 bits per heavy atom. The van der Waals surface area contributed by atoms with Gasteiger partial charge in [0, 0.05) is 0 Å². The van der Waals surface area contributed by atoms with Crippen molar-refractivity contribution in [1.82, 2.24) is 24.7 Å². The maximum atomic E-state index is 11.5. The van der Waals surface area contributed by atoms with E-state index in [1.807, 2.05) is 20.8 Å². The standard InChI is InChI=1S/C14H15N5O2/c1-14(2,3)19-13(9-7-15-8-11(20)16-9)17-12(18-19)10-5-4-6-21-10/h4-8H,1-3H3,(H,16,20). The van der Waals surface area contributed by atoms with E-state index in [1.165, 1.54) is 6.20 Å². The van der Waals surface area contributed by atoms with Gasteiger partial charge in [-0.3, -0.25) is 9.78 Å². The van der Waals surface area contributed by atoms with Crippen molar-refractivity contribution in [2.24, 2.45) is 0 Å². The van der Waals surface area contributed by atoms with Crippen molar-refractivity contribution in [2.75, 3.05) is 0 Å². The second-order valence-corrected chi connectivity index (χ2v) is 5.63. The fourth-order valence-electron chi connectivity index (χ4n) is 1.95. The number of nitrogens with zero attached hydrogens (tertiary/aromatic N) is 4. The molecule has 3 aromatic heterocycles. The quantitative estimate of drug-likeness (QED) is 0.778. The Labute approximate surface area is 120 Å². The van der Waals surface area contributed by atoms with Gasteiger partial charge in [-0.15, -0.1) is 5.10 Å². The van der Waals surface area contributed by atoms with Crippen LogP contribution in [0.5, 0.6) is 0 Å². The van der Waals surface area contributed by atoms with Crippen LogP contribution in [0.3, 0.4) is 0 Å². The molecule has 3 aromatic rings. The monoisotopic (exact) mass is 285 g/mol. The van der Waals surface area contributed by atoms with Crippen molar-refractivity contribution >= 4 is 0 Å². The predicted molar refractivity (Wildman–Crippen MR) is 76.6 cm³/mol. The summed E-state index contributed by atoms with van der Waals surface area (Å²) in [6, 6.07) is 3.57. The zero-order valence-corrected chi connectivity index (χ0v) is 12.0. The fourth-order valence-corrected chi connectivity index (χ4v) is 1.95. The van der Waals surface area contributed by atoms with E-state index >= 15 is 0 Å². The Balaban J connectivity index is 2.21. The van der Waals surface area contributed by atoms with Gasteiger partial charge in [0.1, 0.15) is 5.69 Å². The summed E-state index contributed by atoms with van der Waals surface area (Å²) in [6.45, 7) is 6.02. The highest BCUT2D eigenvalue weighted by molar-refractivity contribution is 5.54. The van der Waals surface area contributed by atoms with E-state index in [0.717, 1.165) is 0 Å². The molecule has 0 aromatic carbocycles. The maximum absolute atomic E-state index is 11.5. The average molecular weight is 285 g/mol. The number of nitrogens with one attached hydrogen (secondary N) is 1. The normalized spacial score (nSPS) is 11.8. The van der Waals surface area contributed by atoms with Crippen molar-refractivity contribution in [3.05, 3.63) is 41.1 Å². The molecule has 0 aliphatic carbocycles. The van der Waals surface area contributed by atoms with Crippen molar-refractivity contribution in [2.45, 2.75) is 26.3 Å². The molecular formula is C14H15N5O2. The predicted octanol–water partition coefficient (Wildman–Crippen LogP) is 2.04. The Kier molecular flexibility index (Phi) is 2.97. The van der Waals surface area contributed by atoms with E-state index in [4.69, 9.17) is 4.42 Å². The second kappa shape index (κ2) is 4.69. The number of hydrogen-bond donors (Lipinski definition) is 1. The smallest absolute Gasteiger partial charge is 0.266 e. The summed E-state index contributed by atoms with van der Waals surface area (Å²) in [6.07, 6.45) is 4.34. The molecule has 7 nitrogen and oxygen atoms in total. The van der Waals surface area contributed by atoms with Crippen LogP contribution in [0.15, 0.2) is 40.0 Å². The van der Waals surface area contributed by atoms with Crippen LogP contribution >= 0.6 is 0 Å². The molecule has 0 amide bonds. The van der Waals surface area contributed by atoms with E-state index in [2.05, 4.69) is 20.1 Å². The Morgan fingerprint density at radius 3 is 2.71 bits per heavy atom. The number of aromatic nitrogens is 5. The van der Waals surface area contributed by atoms with Gasteiger partial charge in [0.2, 0.25) is 5.82 Å². The van der Waals surface area contributed by atoms with Gasteiger partial charge in [0.15, 0.2) is 11.6 Å². The first-order valence-electron chi connectivity index (χ1n) is 6.51. The molecule has 3 rings (SSSR count). The van der Waals surface area contributed by atoms with Gasteiger partial charge < -0.3 is 9.40 Å². The molecule has 0 aliphatic heterocycles. The van der Waals surface area contributed by atoms with Crippen LogP contribution in [0.1, 0.15) is 20.8 Å². The minimum atomic E-state index is -0.306. The number of aromatic amines is 1. The van der Waals surface area contributed by atoms with E-state index in [9.17, 15) is 4.79 Å². The molecule has 0 bridgehead atoms. The summed E-state index contributed by atoms with van der Waals surface area (Å²) in [5.41, 5.74) is -0.0712. The van der Waals surface area contributed by atoms with Crippen molar-refractivity contribution in [1.29, 1.82) is 0 Å². The minimum absolute atomic E-state index is 0.282. The lowest BCUT2D eigenvalue weighted by atomic mass is 10.1. The Hall–Kier alpha value is -2.70. The van der Waals surface area contributed by atoms with Gasteiger partial charge in [0.05, 0.1) is 24.2 Å². The Bertz CT molecular complexity index is 809. The van der Waals surface area contributed by atoms with Crippen LogP contribution in [0.4, 0.5) is 0 Å². The van der Waals surface area contributed by atoms with Crippen molar-refractivity contribution in [3.63, 3.8) is 0 Å². The van der Waals surface area contributed by atoms with Gasteiger partial charge in [0.25, 0.3) is 5.56 Å². The summed E-state index contributed by atoms with van der Waals surface area (Å²) in [7, 11) is 0. The number of rotatable bonds is 2. The summed E-state index contributed by atoms with van der Waals surface area (Å²) in [4.78, 5) is 22.6. The summed E-state index contributed by atoms with van der Waals surface area (Å²) >= 11 is 0. The van der Waals surface area contributed by atoms with Crippen molar-refractivity contribution in [3.8, 4) is 23.1 Å². The lowest BCUT2D eigenvalue weighted by Gasteiger charge is -2.20. The molecule has 21 heavy (non-hydrogen) atoms. The van der Waals surface area contributed by atoms with Crippen LogP contribution in [0, 0.1) is 0 Å². The lowest BCUT2D eigenvalue weighted by Crippen LogP contribution is -2.25. The molecule has 0 saturated carbocycles. The van der Waals surface area contributed by atoms with Gasteiger partial charge in [-0.1, -0.05) is 0 Å². The number of H-pyrrole nitrogens is 1. The minimum Gasteiger partial charge on any atom is -0.461 e. The molecule has 7 heteroatoms. The molecule has 3 heterocycles. The first kappa shape index (κ1) is 13.3. The molecule has 0 atom stereocenters. The molecule has 0 fully saturated rings. The zero-order chi connectivity index (χ0) is 15.0. The van der Waals surface area contributed by atoms with Crippen LogP contribution in [-0.2, 0) is 5.54 Å². The third-order valence-corrected chi connectivity index (χ3v) is 2.88. The highest BCUT2D eigenvalue weighted by Gasteiger charge is 2.24. The van der Waals surface area contributed by atoms with Crippen LogP contribution in [0.25, 0.3) is 23.1 Å². The molecule has 0 unspecified atom stereocenters. The molecule has 0 spiro atoms. The fraction of sp³-hybridized carbons (Fsp3) is 0.286. The molecule has 0 saturated heterocycles. The molecular weight excluding hydrogens is 270 g/mol. The number of hydrogen-bond acceptors (Lipinski definition) is 5. The summed E-state index contributed by atoms with van der Waals surface area (Å²) in [5, 5.41) is 4.49. The van der Waals surface area contributed by atoms with E-state index in [1.54, 1.807) is 29.3 Å². The number of furan rings is 1. The van der Waals surface area contributed by atoms with E-state index < -0.39 is 0 Å². The van der Waals surface area contributed by atoms with Crippen LogP contribution < -0.4 is 5.56 Å². The topological polar surface area (TPSA) is 89.6 Å². The zero-order valence-electron chi connectivity index (χ0n) is 12.0. The SMILES string of the molecule is CC(C)(C)n1nc(-c2ccco2)nc1-c1cncc(=O)[nH]1. The lowest BCUT2D eigenvalue weighted by molar-refractivity contribution is 0.359. The molecule has 0 aliphatic rings. The first-order valence-corrected chi connectivity index (χ1v) is 6.51. The highest BCUT2D eigenvalue weighted by Crippen LogP contribution is 2.25. The van der Waals surface area contributed by atoms with Gasteiger partial charge in [-0.05, 0) is 32.9 Å². The van der Waals surface area contributed by atoms with Crippen molar-refractivity contribution < 1.29 is 4.42 Å². The third-order valence-electron chi connectivity index (χ3n) is 2.88. The second-order valence-electron chi connectivity index (χ2n) is 5.63. The van der Waals surface area contributed by atoms with Gasteiger partial charge >= 0.3 is 0 Å². The summed E-state index contributed by atoms with van der Waals surface area (Å²) < 4.78 is 7.08. The largest absolute Gasteiger partial charge is 0.461 e. The van der Waals surface area contributed by atoms with E-state index in [-0.39, 0.29) is 11.1 Å². The van der Waals surface area contributed by atoms with Crippen LogP contribution in [-0.4, -0.2) is 24.7 Å². The molecule has 108 valence electrons. The maximum Gasteiger partial charge on any atom is 0.266 e. The molecule has 0 radical (unpaired) electrons.